The SMILES string of the molecule is CC(C)n1cc2c(NCc3cnc4ccccc4c3)nc(N3CCCC3CN3CCOCC3)nc2c1O. The van der Waals surface area contributed by atoms with Crippen molar-refractivity contribution in [1.29, 1.82) is 0 Å². The Hall–Kier alpha value is -3.43. The van der Waals surface area contributed by atoms with Crippen molar-refractivity contribution in [2.45, 2.75) is 45.3 Å². The molecule has 0 spiro atoms. The van der Waals surface area contributed by atoms with E-state index in [1.165, 1.54) is 0 Å². The van der Waals surface area contributed by atoms with Crippen molar-refractivity contribution in [2.24, 2.45) is 0 Å². The molecule has 1 aromatic carbocycles. The van der Waals surface area contributed by atoms with Crippen LogP contribution in [-0.2, 0) is 11.3 Å². The number of hydrogen-bond donors (Lipinski definition) is 2. The van der Waals surface area contributed by atoms with E-state index in [1.54, 1.807) is 0 Å². The zero-order valence-corrected chi connectivity index (χ0v) is 21.6. The van der Waals surface area contributed by atoms with Crippen LogP contribution in [0.4, 0.5) is 11.8 Å². The topological polar surface area (TPSA) is 91.6 Å². The molecule has 4 aromatic rings. The first kappa shape index (κ1) is 23.9. The van der Waals surface area contributed by atoms with Gasteiger partial charge in [0.15, 0.2) is 0 Å². The minimum Gasteiger partial charge on any atom is -0.493 e. The van der Waals surface area contributed by atoms with Gasteiger partial charge in [0.05, 0.1) is 24.1 Å². The number of anilines is 2. The predicted octanol–water partition coefficient (Wildman–Crippen LogP) is 4.18. The molecular weight excluding hydrogens is 466 g/mol. The maximum absolute atomic E-state index is 11.1. The smallest absolute Gasteiger partial charge is 0.228 e. The lowest BCUT2D eigenvalue weighted by Gasteiger charge is -2.33. The lowest BCUT2D eigenvalue weighted by atomic mass is 10.1. The molecule has 2 aliphatic heterocycles. The highest BCUT2D eigenvalue weighted by Crippen LogP contribution is 2.35. The summed E-state index contributed by atoms with van der Waals surface area (Å²) >= 11 is 0. The van der Waals surface area contributed by atoms with Crippen LogP contribution in [0.3, 0.4) is 0 Å². The average Bonchev–Trinajstić information content (AvgIpc) is 3.52. The average molecular weight is 502 g/mol. The van der Waals surface area contributed by atoms with Gasteiger partial charge in [0.2, 0.25) is 11.8 Å². The van der Waals surface area contributed by atoms with Crippen LogP contribution in [-0.4, -0.2) is 75.0 Å². The Morgan fingerprint density at radius 3 is 2.81 bits per heavy atom. The largest absolute Gasteiger partial charge is 0.493 e. The van der Waals surface area contributed by atoms with Crippen molar-refractivity contribution < 1.29 is 9.84 Å². The molecule has 2 N–H and O–H groups in total. The van der Waals surface area contributed by atoms with Crippen molar-refractivity contribution in [1.82, 2.24) is 24.4 Å². The normalized spacial score (nSPS) is 18.9. The molecule has 0 radical (unpaired) electrons. The number of aromatic hydroxyl groups is 1. The lowest BCUT2D eigenvalue weighted by molar-refractivity contribution is 0.0354. The third-order valence-corrected chi connectivity index (χ3v) is 7.53. The van der Waals surface area contributed by atoms with Crippen molar-refractivity contribution in [3.63, 3.8) is 0 Å². The number of para-hydroxylation sites is 1. The van der Waals surface area contributed by atoms with Gasteiger partial charge in [-0.25, -0.2) is 4.98 Å². The van der Waals surface area contributed by atoms with Crippen LogP contribution < -0.4 is 10.2 Å². The summed E-state index contributed by atoms with van der Waals surface area (Å²) in [6.45, 7) is 10.1. The standard InChI is InChI=1S/C28H35N7O2/c1-19(2)35-18-23-25(27(35)36)31-28(34-9-5-7-22(34)17-33-10-12-37-13-11-33)32-26(23)30-16-20-14-21-6-3-4-8-24(21)29-15-20/h3-4,6,8,14-15,18-19,22,36H,5,7,9-13,16-17H2,1-2H3,(H,30,31,32). The Morgan fingerprint density at radius 2 is 1.97 bits per heavy atom. The van der Waals surface area contributed by atoms with Crippen LogP contribution in [0.5, 0.6) is 5.88 Å². The molecule has 2 fully saturated rings. The van der Waals surface area contributed by atoms with Crippen molar-refractivity contribution in [2.75, 3.05) is 49.6 Å². The fourth-order valence-electron chi connectivity index (χ4n) is 5.50. The molecule has 5 heterocycles. The fraction of sp³-hybridized carbons (Fsp3) is 0.464. The molecule has 37 heavy (non-hydrogen) atoms. The third-order valence-electron chi connectivity index (χ3n) is 7.53. The van der Waals surface area contributed by atoms with Gasteiger partial charge in [-0.3, -0.25) is 9.88 Å². The van der Waals surface area contributed by atoms with Gasteiger partial charge in [0.25, 0.3) is 0 Å². The van der Waals surface area contributed by atoms with Crippen LogP contribution in [0.2, 0.25) is 0 Å². The Labute approximate surface area is 217 Å². The summed E-state index contributed by atoms with van der Waals surface area (Å²) in [6.07, 6.45) is 6.09. The van der Waals surface area contributed by atoms with Gasteiger partial charge < -0.3 is 24.6 Å². The summed E-state index contributed by atoms with van der Waals surface area (Å²) in [7, 11) is 0. The zero-order valence-electron chi connectivity index (χ0n) is 21.6. The second-order valence-corrected chi connectivity index (χ2v) is 10.4. The first-order valence-electron chi connectivity index (χ1n) is 13.3. The Morgan fingerprint density at radius 1 is 1.14 bits per heavy atom. The highest BCUT2D eigenvalue weighted by atomic mass is 16.5. The Balaban J connectivity index is 1.33. The molecule has 0 bridgehead atoms. The highest BCUT2D eigenvalue weighted by molar-refractivity contribution is 5.94. The molecular formula is C28H35N7O2. The molecule has 2 aliphatic rings. The Bertz CT molecular complexity index is 1400. The maximum Gasteiger partial charge on any atom is 0.228 e. The minimum atomic E-state index is 0.107. The summed E-state index contributed by atoms with van der Waals surface area (Å²) < 4.78 is 7.40. The Kier molecular flexibility index (Phi) is 6.56. The number of nitrogens with zero attached hydrogens (tertiary/aromatic N) is 6. The number of hydrogen-bond acceptors (Lipinski definition) is 8. The van der Waals surface area contributed by atoms with Crippen molar-refractivity contribution >= 4 is 33.6 Å². The molecule has 1 unspecified atom stereocenters. The van der Waals surface area contributed by atoms with Gasteiger partial charge in [-0.15, -0.1) is 0 Å². The number of pyridine rings is 1. The monoisotopic (exact) mass is 501 g/mol. The zero-order chi connectivity index (χ0) is 25.4. The van der Waals surface area contributed by atoms with Gasteiger partial charge in [-0.2, -0.15) is 4.98 Å². The molecule has 1 atom stereocenters. The number of ether oxygens (including phenoxy) is 1. The predicted molar refractivity (Wildman–Crippen MR) is 146 cm³/mol. The summed E-state index contributed by atoms with van der Waals surface area (Å²) in [5, 5.41) is 16.6. The van der Waals surface area contributed by atoms with Crippen LogP contribution in [0.25, 0.3) is 21.8 Å². The van der Waals surface area contributed by atoms with Crippen molar-refractivity contribution in [3.05, 3.63) is 48.3 Å². The van der Waals surface area contributed by atoms with E-state index in [-0.39, 0.29) is 11.9 Å². The summed E-state index contributed by atoms with van der Waals surface area (Å²) in [5.74, 6) is 1.60. The lowest BCUT2D eigenvalue weighted by Crippen LogP contribution is -2.45. The van der Waals surface area contributed by atoms with Crippen LogP contribution >= 0.6 is 0 Å². The van der Waals surface area contributed by atoms with Gasteiger partial charge in [-0.05, 0) is 44.4 Å². The van der Waals surface area contributed by atoms with Crippen molar-refractivity contribution in [3.8, 4) is 5.88 Å². The van der Waals surface area contributed by atoms with E-state index in [4.69, 9.17) is 14.7 Å². The summed E-state index contributed by atoms with van der Waals surface area (Å²) in [6, 6.07) is 10.7. The van der Waals surface area contributed by atoms with Crippen LogP contribution in [0.1, 0.15) is 38.3 Å². The van der Waals surface area contributed by atoms with Gasteiger partial charge in [0.1, 0.15) is 11.3 Å². The molecule has 3 aromatic heterocycles. The van der Waals surface area contributed by atoms with E-state index < -0.39 is 0 Å². The minimum absolute atomic E-state index is 0.107. The van der Waals surface area contributed by atoms with E-state index in [1.807, 2.05) is 35.2 Å². The first-order valence-corrected chi connectivity index (χ1v) is 13.3. The molecule has 6 rings (SSSR count). The fourth-order valence-corrected chi connectivity index (χ4v) is 5.50. The van der Waals surface area contributed by atoms with E-state index in [2.05, 4.69) is 46.1 Å². The van der Waals surface area contributed by atoms with E-state index in [0.717, 1.165) is 79.9 Å². The highest BCUT2D eigenvalue weighted by Gasteiger charge is 2.30. The molecule has 2 saturated heterocycles. The molecule has 194 valence electrons. The quantitative estimate of drug-likeness (QED) is 0.390. The number of nitrogens with one attached hydrogen (secondary N) is 1. The molecule has 0 aliphatic carbocycles. The molecule has 0 saturated carbocycles. The first-order chi connectivity index (χ1) is 18.1. The summed E-state index contributed by atoms with van der Waals surface area (Å²) in [4.78, 5) is 19.3. The summed E-state index contributed by atoms with van der Waals surface area (Å²) in [5.41, 5.74) is 2.65. The number of fused-ring (bicyclic) bond motifs is 2. The maximum atomic E-state index is 11.1. The second kappa shape index (κ2) is 10.1. The number of benzene rings is 1. The van der Waals surface area contributed by atoms with E-state index >= 15 is 0 Å². The van der Waals surface area contributed by atoms with Gasteiger partial charge in [-0.1, -0.05) is 18.2 Å². The van der Waals surface area contributed by atoms with E-state index in [9.17, 15) is 5.11 Å². The second-order valence-electron chi connectivity index (χ2n) is 10.4. The van der Waals surface area contributed by atoms with Gasteiger partial charge >= 0.3 is 0 Å². The van der Waals surface area contributed by atoms with Gasteiger partial charge in [0, 0.05) is 62.6 Å². The third kappa shape index (κ3) is 4.81. The molecule has 9 heteroatoms. The van der Waals surface area contributed by atoms with Crippen LogP contribution in [0, 0.1) is 0 Å². The number of morpholine rings is 1. The molecule has 9 nitrogen and oxygen atoms in total. The van der Waals surface area contributed by atoms with Crippen LogP contribution in [0.15, 0.2) is 42.7 Å². The number of rotatable bonds is 7. The number of aromatic nitrogens is 4. The van der Waals surface area contributed by atoms with E-state index in [0.29, 0.717) is 24.1 Å². The molecule has 0 amide bonds.